The van der Waals surface area contributed by atoms with E-state index in [9.17, 15) is 9.59 Å². The van der Waals surface area contributed by atoms with E-state index in [0.29, 0.717) is 36.8 Å². The van der Waals surface area contributed by atoms with Crippen LogP contribution in [0.3, 0.4) is 0 Å². The van der Waals surface area contributed by atoms with E-state index in [1.165, 1.54) is 0 Å². The zero-order chi connectivity index (χ0) is 16.9. The van der Waals surface area contributed by atoms with Gasteiger partial charge in [-0.15, -0.1) is 12.4 Å². The molecular formula is C16H21ClN6O2. The number of aromatic nitrogens is 3. The number of piperidine rings is 1. The molecule has 1 aliphatic rings. The number of benzene rings is 1. The average molecular weight is 365 g/mol. The van der Waals surface area contributed by atoms with Gasteiger partial charge in [-0.3, -0.25) is 14.7 Å². The molecule has 3 rings (SSSR count). The summed E-state index contributed by atoms with van der Waals surface area (Å²) in [7, 11) is 0. The number of nitrogens with two attached hydrogens (primary N) is 1. The van der Waals surface area contributed by atoms with Crippen LogP contribution in [0.2, 0.25) is 0 Å². The van der Waals surface area contributed by atoms with Gasteiger partial charge in [0.1, 0.15) is 5.82 Å². The molecule has 1 saturated heterocycles. The van der Waals surface area contributed by atoms with E-state index in [-0.39, 0.29) is 30.8 Å². The van der Waals surface area contributed by atoms with E-state index in [1.807, 2.05) is 12.1 Å². The first-order valence-electron chi connectivity index (χ1n) is 7.95. The normalized spacial score (nSPS) is 14.1. The number of carbonyl (C=O) groups is 2. The standard InChI is InChI=1S/C16H20N6O2.ClH/c17-9-13-19-16(21-20-13)11-4-6-12(7-5-11)18-14(23)10-22-8-2-1-3-15(22)24;/h4-7H,1-3,8-10,17H2,(H,18,23)(H,19,20,21);1H. The van der Waals surface area contributed by atoms with Crippen molar-refractivity contribution in [2.45, 2.75) is 25.8 Å². The predicted molar refractivity (Wildman–Crippen MR) is 96.0 cm³/mol. The van der Waals surface area contributed by atoms with Crippen LogP contribution in [0, 0.1) is 0 Å². The molecule has 8 nitrogen and oxygen atoms in total. The minimum atomic E-state index is -0.193. The lowest BCUT2D eigenvalue weighted by Crippen LogP contribution is -2.40. The fraction of sp³-hybridized carbons (Fsp3) is 0.375. The van der Waals surface area contributed by atoms with Crippen molar-refractivity contribution in [1.29, 1.82) is 0 Å². The van der Waals surface area contributed by atoms with E-state index in [0.717, 1.165) is 18.4 Å². The van der Waals surface area contributed by atoms with Crippen LogP contribution in [-0.2, 0) is 16.1 Å². The van der Waals surface area contributed by atoms with Crippen LogP contribution in [0.4, 0.5) is 5.69 Å². The number of amides is 2. The van der Waals surface area contributed by atoms with Gasteiger partial charge >= 0.3 is 0 Å². The molecule has 25 heavy (non-hydrogen) atoms. The van der Waals surface area contributed by atoms with Crippen LogP contribution in [0.25, 0.3) is 11.4 Å². The highest BCUT2D eigenvalue weighted by Gasteiger charge is 2.20. The van der Waals surface area contributed by atoms with Crippen molar-refractivity contribution in [3.8, 4) is 11.4 Å². The van der Waals surface area contributed by atoms with Gasteiger partial charge in [-0.25, -0.2) is 4.98 Å². The van der Waals surface area contributed by atoms with Gasteiger partial charge in [-0.05, 0) is 37.1 Å². The maximum atomic E-state index is 12.1. The summed E-state index contributed by atoms with van der Waals surface area (Å²) in [6.07, 6.45) is 2.39. The molecule has 2 heterocycles. The first-order valence-corrected chi connectivity index (χ1v) is 7.95. The molecule has 1 fully saturated rings. The van der Waals surface area contributed by atoms with Crippen molar-refractivity contribution < 1.29 is 9.59 Å². The highest BCUT2D eigenvalue weighted by molar-refractivity contribution is 5.94. The van der Waals surface area contributed by atoms with Crippen LogP contribution < -0.4 is 11.1 Å². The lowest BCUT2D eigenvalue weighted by Gasteiger charge is -2.25. The number of H-pyrrole nitrogens is 1. The molecule has 9 heteroatoms. The molecule has 0 radical (unpaired) electrons. The second-order valence-electron chi connectivity index (χ2n) is 5.71. The Balaban J connectivity index is 0.00000225. The first-order chi connectivity index (χ1) is 11.7. The fourth-order valence-corrected chi connectivity index (χ4v) is 2.62. The van der Waals surface area contributed by atoms with Crippen molar-refractivity contribution >= 4 is 29.9 Å². The van der Waals surface area contributed by atoms with Crippen molar-refractivity contribution in [2.24, 2.45) is 5.73 Å². The third-order valence-electron chi connectivity index (χ3n) is 3.91. The predicted octanol–water partition coefficient (Wildman–Crippen LogP) is 1.30. The zero-order valence-electron chi connectivity index (χ0n) is 13.7. The first kappa shape index (κ1) is 18.9. The summed E-state index contributed by atoms with van der Waals surface area (Å²) in [4.78, 5) is 29.7. The number of likely N-dealkylation sites (tertiary alicyclic amines) is 1. The zero-order valence-corrected chi connectivity index (χ0v) is 14.5. The van der Waals surface area contributed by atoms with Crippen LogP contribution in [0.1, 0.15) is 25.1 Å². The number of nitrogens with one attached hydrogen (secondary N) is 2. The molecule has 134 valence electrons. The fourth-order valence-electron chi connectivity index (χ4n) is 2.62. The smallest absolute Gasteiger partial charge is 0.243 e. The van der Waals surface area contributed by atoms with Gasteiger partial charge in [0.15, 0.2) is 5.82 Å². The van der Waals surface area contributed by atoms with Crippen LogP contribution >= 0.6 is 12.4 Å². The molecule has 2 amide bonds. The van der Waals surface area contributed by atoms with E-state index in [1.54, 1.807) is 17.0 Å². The molecule has 0 bridgehead atoms. The summed E-state index contributed by atoms with van der Waals surface area (Å²) in [5.41, 5.74) is 7.00. The Labute approximate surface area is 151 Å². The van der Waals surface area contributed by atoms with Gasteiger partial charge < -0.3 is 16.0 Å². The molecule has 1 aromatic carbocycles. The Kier molecular flexibility index (Phi) is 6.49. The summed E-state index contributed by atoms with van der Waals surface area (Å²) in [5, 5.41) is 9.65. The van der Waals surface area contributed by atoms with Crippen molar-refractivity contribution in [2.75, 3.05) is 18.4 Å². The summed E-state index contributed by atoms with van der Waals surface area (Å²) < 4.78 is 0. The SMILES string of the molecule is Cl.NCc1nc(-c2ccc(NC(=O)CN3CCCCC3=O)cc2)n[nH]1. The Hall–Kier alpha value is -2.45. The Morgan fingerprint density at radius 2 is 2.04 bits per heavy atom. The summed E-state index contributed by atoms with van der Waals surface area (Å²) in [5.74, 6) is 1.04. The van der Waals surface area contributed by atoms with Gasteiger partial charge in [0.2, 0.25) is 11.8 Å². The molecule has 0 saturated carbocycles. The van der Waals surface area contributed by atoms with Crippen molar-refractivity contribution in [3.05, 3.63) is 30.1 Å². The number of hydrogen-bond donors (Lipinski definition) is 3. The monoisotopic (exact) mass is 364 g/mol. The largest absolute Gasteiger partial charge is 0.333 e. The molecule has 0 spiro atoms. The number of aromatic amines is 1. The maximum Gasteiger partial charge on any atom is 0.243 e. The second-order valence-corrected chi connectivity index (χ2v) is 5.71. The maximum absolute atomic E-state index is 12.1. The lowest BCUT2D eigenvalue weighted by molar-refractivity contribution is -0.136. The second kappa shape index (κ2) is 8.59. The Morgan fingerprint density at radius 1 is 1.28 bits per heavy atom. The molecule has 1 aromatic heterocycles. The molecule has 4 N–H and O–H groups in total. The van der Waals surface area contributed by atoms with Crippen molar-refractivity contribution in [1.82, 2.24) is 20.1 Å². The van der Waals surface area contributed by atoms with Gasteiger partial charge in [0.05, 0.1) is 13.1 Å². The number of carbonyl (C=O) groups excluding carboxylic acids is 2. The van der Waals surface area contributed by atoms with Gasteiger partial charge in [-0.2, -0.15) is 5.10 Å². The minimum Gasteiger partial charge on any atom is -0.333 e. The van der Waals surface area contributed by atoms with Gasteiger partial charge in [-0.1, -0.05) is 0 Å². The molecule has 1 aliphatic heterocycles. The topological polar surface area (TPSA) is 117 Å². The van der Waals surface area contributed by atoms with Crippen LogP contribution in [0.5, 0.6) is 0 Å². The van der Waals surface area contributed by atoms with Crippen LogP contribution in [0.15, 0.2) is 24.3 Å². The number of nitrogens with zero attached hydrogens (tertiary/aromatic N) is 3. The van der Waals surface area contributed by atoms with Crippen molar-refractivity contribution in [3.63, 3.8) is 0 Å². The number of halogens is 1. The third-order valence-corrected chi connectivity index (χ3v) is 3.91. The van der Waals surface area contributed by atoms with E-state index >= 15 is 0 Å². The lowest BCUT2D eigenvalue weighted by atomic mass is 10.1. The van der Waals surface area contributed by atoms with Gasteiger partial charge in [0, 0.05) is 24.2 Å². The quantitative estimate of drug-likeness (QED) is 0.739. The third kappa shape index (κ3) is 4.77. The molecule has 0 aliphatic carbocycles. The highest BCUT2D eigenvalue weighted by Crippen LogP contribution is 2.18. The van der Waals surface area contributed by atoms with E-state index in [4.69, 9.17) is 5.73 Å². The number of hydrogen-bond acceptors (Lipinski definition) is 5. The molecule has 2 aromatic rings. The van der Waals surface area contributed by atoms with Crippen LogP contribution in [-0.4, -0.2) is 45.0 Å². The molecule has 0 unspecified atom stereocenters. The number of anilines is 1. The van der Waals surface area contributed by atoms with E-state index in [2.05, 4.69) is 20.5 Å². The number of rotatable bonds is 5. The van der Waals surface area contributed by atoms with E-state index < -0.39 is 0 Å². The van der Waals surface area contributed by atoms with Gasteiger partial charge in [0.25, 0.3) is 0 Å². The summed E-state index contributed by atoms with van der Waals surface area (Å²) >= 11 is 0. The summed E-state index contributed by atoms with van der Waals surface area (Å²) in [6.45, 7) is 1.05. The molecule has 0 atom stereocenters. The average Bonchev–Trinajstić information content (AvgIpc) is 3.07. The Bertz CT molecular complexity index is 730. The summed E-state index contributed by atoms with van der Waals surface area (Å²) in [6, 6.07) is 7.21. The highest BCUT2D eigenvalue weighted by atomic mass is 35.5. The molecular weight excluding hydrogens is 344 g/mol. The minimum absolute atomic E-state index is 0. The Morgan fingerprint density at radius 3 is 2.68 bits per heavy atom.